The van der Waals surface area contributed by atoms with Crippen LogP contribution in [0, 0.1) is 11.5 Å². The van der Waals surface area contributed by atoms with Gasteiger partial charge in [-0.05, 0) is 5.54 Å². The Morgan fingerprint density at radius 3 is 2.50 bits per heavy atom. The second-order valence-electron chi connectivity index (χ2n) is 2.31. The zero-order valence-corrected chi connectivity index (χ0v) is 7.41. The minimum Gasteiger partial charge on any atom is -0.139 e. The molecule has 0 aromatic heterocycles. The highest BCUT2D eigenvalue weighted by Crippen LogP contribution is 1.93. The Labute approximate surface area is 54.5 Å². The summed E-state index contributed by atoms with van der Waals surface area (Å²) in [5.74, 6) is 3.09. The third kappa shape index (κ3) is 5.78. The van der Waals surface area contributed by atoms with E-state index >= 15 is 0 Å². The van der Waals surface area contributed by atoms with Gasteiger partial charge in [0.05, 0.1) is 0 Å². The van der Waals surface area contributed by atoms with Crippen molar-refractivity contribution in [3.63, 3.8) is 0 Å². The summed E-state index contributed by atoms with van der Waals surface area (Å²) in [6.07, 6.45) is 1.03. The second-order valence-corrected chi connectivity index (χ2v) is 4.70. The van der Waals surface area contributed by atoms with E-state index in [9.17, 15) is 0 Å². The Kier molecular flexibility index (Phi) is 4.79. The molecule has 0 aromatic carbocycles. The van der Waals surface area contributed by atoms with Crippen LogP contribution >= 0.6 is 0 Å². The number of hydrogen-bond donors (Lipinski definition) is 0. The quantitative estimate of drug-likeness (QED) is 0.367. The normalized spacial score (nSPS) is 10.0. The maximum atomic E-state index is 3.22. The molecule has 0 saturated heterocycles. The van der Waals surface area contributed by atoms with E-state index in [-0.39, 0.29) is 9.52 Å². The molecular weight excluding hydrogens is 112 g/mol. The van der Waals surface area contributed by atoms with Gasteiger partial charge < -0.3 is 0 Å². The summed E-state index contributed by atoms with van der Waals surface area (Å²) in [5, 5.41) is 0. The molecule has 0 unspecified atom stereocenters. The van der Waals surface area contributed by atoms with Gasteiger partial charge in [0, 0.05) is 6.42 Å². The van der Waals surface area contributed by atoms with Gasteiger partial charge in [-0.15, -0.1) is 11.5 Å². The lowest BCUT2D eigenvalue weighted by molar-refractivity contribution is 1.07. The van der Waals surface area contributed by atoms with Crippen molar-refractivity contribution in [2.75, 3.05) is 0 Å². The molecule has 8 heavy (non-hydrogen) atoms. The van der Waals surface area contributed by atoms with Crippen LogP contribution in [0.25, 0.3) is 0 Å². The average molecular weight is 126 g/mol. The summed E-state index contributed by atoms with van der Waals surface area (Å²) in [6.45, 7) is 6.59. The molecule has 0 fully saturated rings. The lowest BCUT2D eigenvalue weighted by Gasteiger charge is -1.90. The summed E-state index contributed by atoms with van der Waals surface area (Å²) >= 11 is 0. The van der Waals surface area contributed by atoms with Crippen molar-refractivity contribution < 1.29 is 0 Å². The van der Waals surface area contributed by atoms with E-state index in [0.29, 0.717) is 0 Å². The van der Waals surface area contributed by atoms with Crippen molar-refractivity contribution in [3.05, 3.63) is 0 Å². The zero-order valence-electron chi connectivity index (χ0n) is 5.99. The lowest BCUT2D eigenvalue weighted by Crippen LogP contribution is -1.89. The van der Waals surface area contributed by atoms with Gasteiger partial charge in [-0.2, -0.15) is 0 Å². The Morgan fingerprint density at radius 2 is 2.12 bits per heavy atom. The molecule has 0 aromatic rings. The van der Waals surface area contributed by atoms with Crippen LogP contribution < -0.4 is 0 Å². The molecule has 0 nitrogen and oxygen atoms in total. The molecule has 0 amide bonds. The summed E-state index contributed by atoms with van der Waals surface area (Å²) in [4.78, 5) is 0. The molecule has 0 radical (unpaired) electrons. The Morgan fingerprint density at radius 1 is 1.50 bits per heavy atom. The van der Waals surface area contributed by atoms with Crippen LogP contribution in [0.1, 0.15) is 27.2 Å². The molecule has 46 valence electrons. The minimum atomic E-state index is -0.0260. The monoisotopic (exact) mass is 126 g/mol. The molecule has 0 N–H and O–H groups in total. The van der Waals surface area contributed by atoms with Gasteiger partial charge >= 0.3 is 0 Å². The van der Waals surface area contributed by atoms with Crippen LogP contribution in [0.15, 0.2) is 0 Å². The minimum absolute atomic E-state index is 0.0260. The first-order valence-electron chi connectivity index (χ1n) is 3.23. The lowest BCUT2D eigenvalue weighted by atomic mass is 10.5. The van der Waals surface area contributed by atoms with Gasteiger partial charge in [0.1, 0.15) is 9.52 Å². The van der Waals surface area contributed by atoms with E-state index in [0.717, 1.165) is 12.0 Å². The van der Waals surface area contributed by atoms with Crippen molar-refractivity contribution in [2.24, 2.45) is 0 Å². The van der Waals surface area contributed by atoms with Gasteiger partial charge in [-0.1, -0.05) is 20.8 Å². The van der Waals surface area contributed by atoms with E-state index < -0.39 is 0 Å². The second kappa shape index (κ2) is 4.92. The molecule has 0 saturated carbocycles. The summed E-state index contributed by atoms with van der Waals surface area (Å²) in [5.41, 5.74) is 4.09. The van der Waals surface area contributed by atoms with E-state index in [2.05, 4.69) is 32.2 Å². The fourth-order valence-electron chi connectivity index (χ4n) is 0.401. The van der Waals surface area contributed by atoms with E-state index in [1.807, 2.05) is 0 Å². The summed E-state index contributed by atoms with van der Waals surface area (Å²) in [6, 6.07) is 0. The maximum absolute atomic E-state index is 3.22. The maximum Gasteiger partial charge on any atom is 0.109 e. The Bertz CT molecular complexity index is 94.7. The van der Waals surface area contributed by atoms with Crippen LogP contribution in [0.5, 0.6) is 0 Å². The standard InChI is InChI=1S/C7H14Si/c1-4-5-6-8-7(2)3/h7H,4,8H2,1-3H3. The van der Waals surface area contributed by atoms with E-state index in [1.165, 1.54) is 0 Å². The predicted octanol–water partition coefficient (Wildman–Crippen LogP) is 1.35. The fourth-order valence-corrected chi connectivity index (χ4v) is 1.20. The SMILES string of the molecule is CCC#C[SiH2]C(C)C. The van der Waals surface area contributed by atoms with Crippen molar-refractivity contribution in [1.82, 2.24) is 0 Å². The highest BCUT2D eigenvalue weighted by atomic mass is 28.2. The van der Waals surface area contributed by atoms with Crippen molar-refractivity contribution in [2.45, 2.75) is 32.7 Å². The predicted molar refractivity (Wildman–Crippen MR) is 41.7 cm³/mol. The Hall–Kier alpha value is -0.223. The van der Waals surface area contributed by atoms with Crippen molar-refractivity contribution in [3.8, 4) is 11.5 Å². The number of rotatable bonds is 1. The molecule has 0 bridgehead atoms. The van der Waals surface area contributed by atoms with E-state index in [1.54, 1.807) is 0 Å². The first kappa shape index (κ1) is 7.78. The summed E-state index contributed by atoms with van der Waals surface area (Å²) in [7, 11) is -0.0260. The smallest absolute Gasteiger partial charge is 0.109 e. The van der Waals surface area contributed by atoms with Gasteiger partial charge in [-0.25, -0.2) is 0 Å². The molecule has 0 atom stereocenters. The molecule has 0 spiro atoms. The van der Waals surface area contributed by atoms with Crippen LogP contribution in [0.3, 0.4) is 0 Å². The molecule has 0 heterocycles. The number of hydrogen-bond acceptors (Lipinski definition) is 0. The van der Waals surface area contributed by atoms with Gasteiger partial charge in [0.2, 0.25) is 0 Å². The highest BCUT2D eigenvalue weighted by Gasteiger charge is 1.86. The largest absolute Gasteiger partial charge is 0.139 e. The fraction of sp³-hybridized carbons (Fsp3) is 0.714. The van der Waals surface area contributed by atoms with E-state index in [4.69, 9.17) is 0 Å². The van der Waals surface area contributed by atoms with Crippen LogP contribution in [0.2, 0.25) is 5.54 Å². The van der Waals surface area contributed by atoms with Crippen LogP contribution in [0.4, 0.5) is 0 Å². The third-order valence-electron chi connectivity index (χ3n) is 0.812. The van der Waals surface area contributed by atoms with Gasteiger partial charge in [0.25, 0.3) is 0 Å². The Balaban J connectivity index is 3.15. The molecule has 0 rings (SSSR count). The molecule has 0 aliphatic rings. The average Bonchev–Trinajstić information content (AvgIpc) is 1.66. The van der Waals surface area contributed by atoms with Gasteiger partial charge in [0.15, 0.2) is 0 Å². The van der Waals surface area contributed by atoms with Gasteiger partial charge in [-0.3, -0.25) is 0 Å². The molecule has 1 heteroatoms. The first-order chi connectivity index (χ1) is 3.77. The third-order valence-corrected chi connectivity index (χ3v) is 2.08. The van der Waals surface area contributed by atoms with Crippen molar-refractivity contribution in [1.29, 1.82) is 0 Å². The molecule has 0 aliphatic heterocycles. The topological polar surface area (TPSA) is 0 Å². The first-order valence-corrected chi connectivity index (χ1v) is 4.75. The highest BCUT2D eigenvalue weighted by molar-refractivity contribution is 6.47. The molecule has 0 aliphatic carbocycles. The summed E-state index contributed by atoms with van der Waals surface area (Å²) < 4.78 is 0. The van der Waals surface area contributed by atoms with Crippen LogP contribution in [-0.4, -0.2) is 9.52 Å². The van der Waals surface area contributed by atoms with Crippen LogP contribution in [-0.2, 0) is 0 Å². The van der Waals surface area contributed by atoms with Crippen molar-refractivity contribution >= 4 is 9.52 Å². The molecular formula is C7H14Si. The zero-order chi connectivity index (χ0) is 6.41.